The quantitative estimate of drug-likeness (QED) is 0.753. The molecule has 0 spiro atoms. The van der Waals surface area contributed by atoms with Crippen molar-refractivity contribution in [2.45, 2.75) is 0 Å². The molecule has 17 heavy (non-hydrogen) atoms. The zero-order valence-electron chi connectivity index (χ0n) is 8.68. The van der Waals surface area contributed by atoms with Crippen LogP contribution in [-0.2, 0) is 0 Å². The van der Waals surface area contributed by atoms with Gasteiger partial charge in [-0.1, -0.05) is 45.2 Å². The smallest absolute Gasteiger partial charge is 0.0807 e. The van der Waals surface area contributed by atoms with Gasteiger partial charge in [-0.05, 0) is 30.3 Å². The summed E-state index contributed by atoms with van der Waals surface area (Å²) in [7, 11) is 0. The number of rotatable bonds is 2. The highest BCUT2D eigenvalue weighted by Gasteiger charge is 2.07. The maximum atomic E-state index is 6.08. The number of hydrogen-bond donors (Lipinski definition) is 2. The Morgan fingerprint density at radius 3 is 2.53 bits per heavy atom. The second-order valence-electron chi connectivity index (χ2n) is 3.45. The number of nitrogens with two attached hydrogens (primary N) is 1. The fourth-order valence-electron chi connectivity index (χ4n) is 1.40. The minimum atomic E-state index is 0.557. The molecule has 0 saturated carbocycles. The lowest BCUT2D eigenvalue weighted by atomic mass is 10.2. The molecule has 0 unspecified atom stereocenters. The van der Waals surface area contributed by atoms with Gasteiger partial charge in [0.2, 0.25) is 0 Å². The van der Waals surface area contributed by atoms with E-state index in [0.717, 1.165) is 10.2 Å². The van der Waals surface area contributed by atoms with Crippen LogP contribution in [0.1, 0.15) is 0 Å². The van der Waals surface area contributed by atoms with E-state index in [-0.39, 0.29) is 0 Å². The maximum absolute atomic E-state index is 6.08. The van der Waals surface area contributed by atoms with Crippen LogP contribution in [0.2, 0.25) is 10.0 Å². The van der Waals surface area contributed by atoms with Crippen LogP contribution < -0.4 is 11.1 Å². The molecule has 2 rings (SSSR count). The minimum Gasteiger partial charge on any atom is -0.397 e. The number of para-hydroxylation sites is 1. The predicted molar refractivity (Wildman–Crippen MR) is 78.3 cm³/mol. The first-order valence-electron chi connectivity index (χ1n) is 4.84. The van der Waals surface area contributed by atoms with E-state index in [9.17, 15) is 0 Å². The standard InChI is InChI=1S/C12H9BrCl2N2/c13-7-4-5-8(14)11(6-7)17-12-9(15)2-1-3-10(12)16/h1-6,17H,16H2. The van der Waals surface area contributed by atoms with E-state index in [1.54, 1.807) is 24.3 Å². The molecule has 0 bridgehead atoms. The van der Waals surface area contributed by atoms with Gasteiger partial charge in [0.15, 0.2) is 0 Å². The van der Waals surface area contributed by atoms with E-state index >= 15 is 0 Å². The molecule has 2 aromatic carbocycles. The Balaban J connectivity index is 2.41. The minimum absolute atomic E-state index is 0.557. The molecule has 88 valence electrons. The van der Waals surface area contributed by atoms with E-state index in [1.807, 2.05) is 12.1 Å². The SMILES string of the molecule is Nc1cccc(Cl)c1Nc1cc(Br)ccc1Cl. The third-order valence-electron chi connectivity index (χ3n) is 2.23. The van der Waals surface area contributed by atoms with Crippen molar-refractivity contribution in [3.63, 3.8) is 0 Å². The van der Waals surface area contributed by atoms with Crippen LogP contribution in [0.15, 0.2) is 40.9 Å². The van der Waals surface area contributed by atoms with E-state index in [1.165, 1.54) is 0 Å². The Labute approximate surface area is 118 Å². The molecule has 0 aliphatic rings. The second-order valence-corrected chi connectivity index (χ2v) is 5.18. The highest BCUT2D eigenvalue weighted by molar-refractivity contribution is 9.10. The molecule has 0 fully saturated rings. The summed E-state index contributed by atoms with van der Waals surface area (Å²) in [4.78, 5) is 0. The van der Waals surface area contributed by atoms with Gasteiger partial charge in [0.05, 0.1) is 27.1 Å². The van der Waals surface area contributed by atoms with Gasteiger partial charge < -0.3 is 11.1 Å². The molecular formula is C12H9BrCl2N2. The summed E-state index contributed by atoms with van der Waals surface area (Å²) in [5.74, 6) is 0. The van der Waals surface area contributed by atoms with Crippen molar-refractivity contribution in [2.75, 3.05) is 11.1 Å². The average Bonchev–Trinajstić information content (AvgIpc) is 2.28. The Hall–Kier alpha value is -0.900. The second kappa shape index (κ2) is 5.17. The molecule has 0 saturated heterocycles. The van der Waals surface area contributed by atoms with E-state index < -0.39 is 0 Å². The summed E-state index contributed by atoms with van der Waals surface area (Å²) < 4.78 is 0.926. The molecule has 0 heterocycles. The Kier molecular flexibility index (Phi) is 3.82. The van der Waals surface area contributed by atoms with Crippen LogP contribution in [0, 0.1) is 0 Å². The van der Waals surface area contributed by atoms with Crippen molar-refractivity contribution in [3.8, 4) is 0 Å². The van der Waals surface area contributed by atoms with Crippen LogP contribution in [-0.4, -0.2) is 0 Å². The van der Waals surface area contributed by atoms with E-state index in [0.29, 0.717) is 21.4 Å². The lowest BCUT2D eigenvalue weighted by Crippen LogP contribution is -1.97. The van der Waals surface area contributed by atoms with Gasteiger partial charge in [0, 0.05) is 4.47 Å². The van der Waals surface area contributed by atoms with Crippen LogP contribution in [0.5, 0.6) is 0 Å². The molecule has 0 radical (unpaired) electrons. The average molecular weight is 332 g/mol. The number of nitrogens with one attached hydrogen (secondary N) is 1. The summed E-state index contributed by atoms with van der Waals surface area (Å²) in [6.07, 6.45) is 0. The van der Waals surface area contributed by atoms with Gasteiger partial charge in [-0.15, -0.1) is 0 Å². The summed E-state index contributed by atoms with van der Waals surface area (Å²) >= 11 is 15.5. The van der Waals surface area contributed by atoms with Crippen molar-refractivity contribution in [2.24, 2.45) is 0 Å². The highest BCUT2D eigenvalue weighted by atomic mass is 79.9. The highest BCUT2D eigenvalue weighted by Crippen LogP contribution is 2.34. The molecule has 0 aliphatic heterocycles. The predicted octanol–water partition coefficient (Wildman–Crippen LogP) is 5.08. The number of halogens is 3. The van der Waals surface area contributed by atoms with Crippen molar-refractivity contribution in [1.29, 1.82) is 0 Å². The molecule has 3 N–H and O–H groups in total. The Morgan fingerprint density at radius 2 is 1.82 bits per heavy atom. The molecule has 2 nitrogen and oxygen atoms in total. The molecule has 0 atom stereocenters. The normalized spacial score (nSPS) is 10.3. The molecular weight excluding hydrogens is 323 g/mol. The molecule has 0 amide bonds. The molecule has 2 aromatic rings. The fraction of sp³-hybridized carbons (Fsp3) is 0. The first-order chi connectivity index (χ1) is 8.08. The maximum Gasteiger partial charge on any atom is 0.0807 e. The van der Waals surface area contributed by atoms with Crippen molar-refractivity contribution in [3.05, 3.63) is 50.9 Å². The Bertz CT molecular complexity index is 538. The van der Waals surface area contributed by atoms with Crippen LogP contribution >= 0.6 is 39.1 Å². The van der Waals surface area contributed by atoms with Gasteiger partial charge in [-0.3, -0.25) is 0 Å². The zero-order chi connectivity index (χ0) is 12.4. The Morgan fingerprint density at radius 1 is 1.06 bits per heavy atom. The van der Waals surface area contributed by atoms with Crippen molar-refractivity contribution >= 4 is 56.2 Å². The van der Waals surface area contributed by atoms with Gasteiger partial charge >= 0.3 is 0 Å². The summed E-state index contributed by atoms with van der Waals surface area (Å²) in [5, 5.41) is 4.29. The van der Waals surface area contributed by atoms with E-state index in [4.69, 9.17) is 28.9 Å². The lowest BCUT2D eigenvalue weighted by Gasteiger charge is -2.12. The molecule has 0 aliphatic carbocycles. The third-order valence-corrected chi connectivity index (χ3v) is 3.37. The van der Waals surface area contributed by atoms with Gasteiger partial charge in [0.1, 0.15) is 0 Å². The number of hydrogen-bond acceptors (Lipinski definition) is 2. The van der Waals surface area contributed by atoms with Crippen molar-refractivity contribution in [1.82, 2.24) is 0 Å². The van der Waals surface area contributed by atoms with Crippen LogP contribution in [0.4, 0.5) is 17.1 Å². The summed E-state index contributed by atoms with van der Waals surface area (Å²) in [5.41, 5.74) is 7.85. The van der Waals surface area contributed by atoms with Crippen molar-refractivity contribution < 1.29 is 0 Å². The third kappa shape index (κ3) is 2.86. The number of benzene rings is 2. The monoisotopic (exact) mass is 330 g/mol. The lowest BCUT2D eigenvalue weighted by molar-refractivity contribution is 1.53. The summed E-state index contributed by atoms with van der Waals surface area (Å²) in [6.45, 7) is 0. The molecule has 5 heteroatoms. The fourth-order valence-corrected chi connectivity index (χ4v) is 2.16. The van der Waals surface area contributed by atoms with Crippen LogP contribution in [0.3, 0.4) is 0 Å². The first-order valence-corrected chi connectivity index (χ1v) is 6.39. The number of nitrogen functional groups attached to an aromatic ring is 1. The topological polar surface area (TPSA) is 38.0 Å². The van der Waals surface area contributed by atoms with Gasteiger partial charge in [-0.2, -0.15) is 0 Å². The van der Waals surface area contributed by atoms with Gasteiger partial charge in [0.25, 0.3) is 0 Å². The van der Waals surface area contributed by atoms with Gasteiger partial charge in [-0.25, -0.2) is 0 Å². The van der Waals surface area contributed by atoms with E-state index in [2.05, 4.69) is 21.2 Å². The largest absolute Gasteiger partial charge is 0.397 e. The molecule has 0 aromatic heterocycles. The zero-order valence-corrected chi connectivity index (χ0v) is 11.8. The van der Waals surface area contributed by atoms with Crippen LogP contribution in [0.25, 0.3) is 0 Å². The number of anilines is 3. The summed E-state index contributed by atoms with van der Waals surface area (Å²) in [6, 6.07) is 10.9. The first kappa shape index (κ1) is 12.6.